The van der Waals surface area contributed by atoms with E-state index in [9.17, 15) is 0 Å². The second-order valence-electron chi connectivity index (χ2n) is 4.44. The number of rotatable bonds is 7. The number of nitrogens with zero attached hydrogens (tertiary/aromatic N) is 3. The third-order valence-electron chi connectivity index (χ3n) is 2.39. The van der Waals surface area contributed by atoms with Crippen molar-refractivity contribution in [3.05, 3.63) is 11.9 Å². The van der Waals surface area contributed by atoms with E-state index in [1.54, 1.807) is 7.11 Å². The minimum Gasteiger partial charge on any atom is -0.383 e. The summed E-state index contributed by atoms with van der Waals surface area (Å²) in [7, 11) is 3.65. The molecule has 0 aromatic carbocycles. The molecule has 0 saturated carbocycles. The summed E-state index contributed by atoms with van der Waals surface area (Å²) in [6.45, 7) is 5.98. The van der Waals surface area contributed by atoms with Crippen molar-refractivity contribution >= 4 is 11.6 Å². The van der Waals surface area contributed by atoms with E-state index in [1.165, 1.54) is 0 Å². The Bertz CT molecular complexity index is 369. The predicted molar refractivity (Wildman–Crippen MR) is 74.1 cm³/mol. The molecule has 0 amide bonds. The predicted octanol–water partition coefficient (Wildman–Crippen LogP) is 0.627. The van der Waals surface area contributed by atoms with E-state index in [0.29, 0.717) is 6.61 Å². The molecule has 3 N–H and O–H groups in total. The molecule has 18 heavy (non-hydrogen) atoms. The van der Waals surface area contributed by atoms with E-state index in [-0.39, 0.29) is 6.04 Å². The van der Waals surface area contributed by atoms with Gasteiger partial charge in [0, 0.05) is 39.4 Å². The minimum atomic E-state index is 0.107. The lowest BCUT2D eigenvalue weighted by atomic mass is 10.3. The molecule has 6 nitrogen and oxygen atoms in total. The zero-order valence-corrected chi connectivity index (χ0v) is 11.6. The van der Waals surface area contributed by atoms with Gasteiger partial charge in [0.25, 0.3) is 0 Å². The van der Waals surface area contributed by atoms with Crippen LogP contribution in [0.4, 0.5) is 11.6 Å². The van der Waals surface area contributed by atoms with Gasteiger partial charge in [0.15, 0.2) is 0 Å². The van der Waals surface area contributed by atoms with Crippen molar-refractivity contribution in [1.82, 2.24) is 9.97 Å². The zero-order valence-electron chi connectivity index (χ0n) is 11.6. The maximum atomic E-state index is 5.79. The van der Waals surface area contributed by atoms with Crippen molar-refractivity contribution in [2.24, 2.45) is 5.73 Å². The molecule has 1 aromatic heterocycles. The van der Waals surface area contributed by atoms with Crippen molar-refractivity contribution in [3.63, 3.8) is 0 Å². The van der Waals surface area contributed by atoms with Crippen molar-refractivity contribution in [1.29, 1.82) is 0 Å². The number of likely N-dealkylation sites (N-methyl/N-ethyl adjacent to an activating group) is 1. The molecule has 0 fully saturated rings. The maximum Gasteiger partial charge on any atom is 0.134 e. The second-order valence-corrected chi connectivity index (χ2v) is 4.44. The van der Waals surface area contributed by atoms with Gasteiger partial charge in [-0.3, -0.25) is 0 Å². The van der Waals surface area contributed by atoms with Crippen LogP contribution in [0.2, 0.25) is 0 Å². The van der Waals surface area contributed by atoms with Gasteiger partial charge in [-0.2, -0.15) is 0 Å². The van der Waals surface area contributed by atoms with Crippen LogP contribution in [0, 0.1) is 6.92 Å². The van der Waals surface area contributed by atoms with Gasteiger partial charge in [0.2, 0.25) is 0 Å². The highest BCUT2D eigenvalue weighted by Gasteiger charge is 2.08. The number of nitrogens with two attached hydrogens (primary N) is 1. The molecule has 0 spiro atoms. The van der Waals surface area contributed by atoms with Gasteiger partial charge in [0.1, 0.15) is 17.5 Å². The Labute approximate surface area is 109 Å². The number of aryl methyl sites for hydroxylation is 1. The van der Waals surface area contributed by atoms with Crippen molar-refractivity contribution in [3.8, 4) is 0 Å². The molecule has 1 unspecified atom stereocenters. The molecule has 1 rings (SSSR count). The monoisotopic (exact) mass is 253 g/mol. The fourth-order valence-corrected chi connectivity index (χ4v) is 1.64. The zero-order chi connectivity index (χ0) is 13.5. The standard InChI is InChI=1S/C12H23N5O/c1-9(13)8-17(3)12-7-11(14-5-6-18-4)15-10(2)16-12/h7,9H,5-6,8,13H2,1-4H3,(H,14,15,16). The molecule has 0 aliphatic heterocycles. The van der Waals surface area contributed by atoms with Gasteiger partial charge >= 0.3 is 0 Å². The molecule has 0 aliphatic carbocycles. The maximum absolute atomic E-state index is 5.79. The Kier molecular flexibility index (Phi) is 5.80. The molecular weight excluding hydrogens is 230 g/mol. The van der Waals surface area contributed by atoms with Crippen molar-refractivity contribution < 1.29 is 4.74 Å². The highest BCUT2D eigenvalue weighted by atomic mass is 16.5. The first-order valence-electron chi connectivity index (χ1n) is 6.08. The lowest BCUT2D eigenvalue weighted by molar-refractivity contribution is 0.210. The quantitative estimate of drug-likeness (QED) is 0.694. The summed E-state index contributed by atoms with van der Waals surface area (Å²) in [5.41, 5.74) is 5.79. The van der Waals surface area contributed by atoms with Crippen LogP contribution in [-0.2, 0) is 4.74 Å². The third kappa shape index (κ3) is 4.85. The van der Waals surface area contributed by atoms with E-state index in [4.69, 9.17) is 10.5 Å². The van der Waals surface area contributed by atoms with E-state index < -0.39 is 0 Å². The summed E-state index contributed by atoms with van der Waals surface area (Å²) in [6.07, 6.45) is 0. The summed E-state index contributed by atoms with van der Waals surface area (Å²) in [5, 5.41) is 3.20. The second kappa shape index (κ2) is 7.13. The number of nitrogens with one attached hydrogen (secondary N) is 1. The molecule has 1 heterocycles. The number of aromatic nitrogens is 2. The fourth-order valence-electron chi connectivity index (χ4n) is 1.64. The van der Waals surface area contributed by atoms with Gasteiger partial charge in [0.05, 0.1) is 6.61 Å². The molecule has 6 heteroatoms. The normalized spacial score (nSPS) is 12.3. The largest absolute Gasteiger partial charge is 0.383 e. The van der Waals surface area contributed by atoms with Gasteiger partial charge in [-0.25, -0.2) is 9.97 Å². The van der Waals surface area contributed by atoms with Gasteiger partial charge < -0.3 is 20.7 Å². The van der Waals surface area contributed by atoms with Crippen LogP contribution in [0.1, 0.15) is 12.7 Å². The number of anilines is 2. The number of methoxy groups -OCH3 is 1. The van der Waals surface area contributed by atoms with Gasteiger partial charge in [-0.05, 0) is 13.8 Å². The molecule has 0 radical (unpaired) electrons. The third-order valence-corrected chi connectivity index (χ3v) is 2.39. The highest BCUT2D eigenvalue weighted by molar-refractivity contribution is 5.49. The Morgan fingerprint density at radius 1 is 1.50 bits per heavy atom. The summed E-state index contributed by atoms with van der Waals surface area (Å²) in [5.74, 6) is 2.43. The van der Waals surface area contributed by atoms with Crippen LogP contribution in [0.15, 0.2) is 6.07 Å². The summed E-state index contributed by atoms with van der Waals surface area (Å²) in [6, 6.07) is 2.03. The number of hydrogen-bond acceptors (Lipinski definition) is 6. The van der Waals surface area contributed by atoms with Crippen LogP contribution < -0.4 is 16.0 Å². The first-order valence-corrected chi connectivity index (χ1v) is 6.08. The molecular formula is C12H23N5O. The lowest BCUT2D eigenvalue weighted by Crippen LogP contribution is -2.33. The summed E-state index contributed by atoms with van der Waals surface area (Å²) >= 11 is 0. The van der Waals surface area contributed by atoms with E-state index in [0.717, 1.165) is 30.5 Å². The highest BCUT2D eigenvalue weighted by Crippen LogP contribution is 2.14. The minimum absolute atomic E-state index is 0.107. The van der Waals surface area contributed by atoms with Crippen molar-refractivity contribution in [2.75, 3.05) is 44.1 Å². The summed E-state index contributed by atoms with van der Waals surface area (Å²) in [4.78, 5) is 10.8. The average molecular weight is 253 g/mol. The van der Waals surface area contributed by atoms with Crippen molar-refractivity contribution in [2.45, 2.75) is 19.9 Å². The Balaban J connectivity index is 2.73. The number of hydrogen-bond donors (Lipinski definition) is 2. The van der Waals surface area contributed by atoms with E-state index in [1.807, 2.05) is 31.9 Å². The fraction of sp³-hybridized carbons (Fsp3) is 0.667. The van der Waals surface area contributed by atoms with Crippen LogP contribution in [0.5, 0.6) is 0 Å². The SMILES string of the molecule is COCCNc1cc(N(C)CC(C)N)nc(C)n1. The van der Waals surface area contributed by atoms with E-state index >= 15 is 0 Å². The molecule has 0 saturated heterocycles. The Morgan fingerprint density at radius 3 is 2.83 bits per heavy atom. The average Bonchev–Trinajstić information content (AvgIpc) is 2.27. The molecule has 0 aliphatic rings. The van der Waals surface area contributed by atoms with Gasteiger partial charge in [-0.1, -0.05) is 0 Å². The smallest absolute Gasteiger partial charge is 0.134 e. The molecule has 0 bridgehead atoms. The van der Waals surface area contributed by atoms with Crippen LogP contribution in [-0.4, -0.2) is 49.9 Å². The lowest BCUT2D eigenvalue weighted by Gasteiger charge is -2.21. The van der Waals surface area contributed by atoms with Crippen LogP contribution >= 0.6 is 0 Å². The molecule has 1 atom stereocenters. The topological polar surface area (TPSA) is 76.3 Å². The summed E-state index contributed by atoms with van der Waals surface area (Å²) < 4.78 is 4.99. The molecule has 102 valence electrons. The Hall–Kier alpha value is -1.40. The Morgan fingerprint density at radius 2 is 2.22 bits per heavy atom. The van der Waals surface area contributed by atoms with E-state index in [2.05, 4.69) is 15.3 Å². The first kappa shape index (κ1) is 14.7. The first-order chi connectivity index (χ1) is 8.52. The number of ether oxygens (including phenoxy) is 1. The van der Waals surface area contributed by atoms with Crippen LogP contribution in [0.25, 0.3) is 0 Å². The molecule has 1 aromatic rings. The van der Waals surface area contributed by atoms with Crippen LogP contribution in [0.3, 0.4) is 0 Å². The van der Waals surface area contributed by atoms with Gasteiger partial charge in [-0.15, -0.1) is 0 Å².